The zero-order valence-corrected chi connectivity index (χ0v) is 10.8. The smallest absolute Gasteiger partial charge is 0.0209 e. The Morgan fingerprint density at radius 3 is 2.62 bits per heavy atom. The molecule has 5 atom stereocenters. The van der Waals surface area contributed by atoms with E-state index in [0.29, 0.717) is 0 Å². The SMILES string of the molecule is CC(NC1CCN(C)C1)C1CC2CCC1C2. The highest BCUT2D eigenvalue weighted by atomic mass is 15.2. The first-order valence-corrected chi connectivity index (χ1v) is 7.17. The molecule has 3 fully saturated rings. The number of rotatable bonds is 3. The summed E-state index contributed by atoms with van der Waals surface area (Å²) in [5.74, 6) is 3.14. The summed E-state index contributed by atoms with van der Waals surface area (Å²) in [7, 11) is 2.24. The topological polar surface area (TPSA) is 15.3 Å². The van der Waals surface area contributed by atoms with Gasteiger partial charge in [0.1, 0.15) is 0 Å². The van der Waals surface area contributed by atoms with Gasteiger partial charge in [-0.05, 0) is 64.0 Å². The highest BCUT2D eigenvalue weighted by Gasteiger charge is 2.42. The zero-order valence-electron chi connectivity index (χ0n) is 10.8. The fourth-order valence-electron chi connectivity index (χ4n) is 4.47. The van der Waals surface area contributed by atoms with Crippen LogP contribution in [0.2, 0.25) is 0 Å². The van der Waals surface area contributed by atoms with Gasteiger partial charge in [-0.3, -0.25) is 0 Å². The second-order valence-electron chi connectivity index (χ2n) is 6.54. The maximum atomic E-state index is 3.89. The van der Waals surface area contributed by atoms with Crippen LogP contribution >= 0.6 is 0 Å². The van der Waals surface area contributed by atoms with E-state index in [1.54, 1.807) is 6.42 Å². The first kappa shape index (κ1) is 11.0. The minimum Gasteiger partial charge on any atom is -0.310 e. The fourth-order valence-corrected chi connectivity index (χ4v) is 4.47. The number of likely N-dealkylation sites (tertiary alicyclic amines) is 1. The molecule has 2 nitrogen and oxygen atoms in total. The summed E-state index contributed by atoms with van der Waals surface area (Å²) in [5.41, 5.74) is 0. The van der Waals surface area contributed by atoms with Gasteiger partial charge < -0.3 is 10.2 Å². The highest BCUT2D eigenvalue weighted by Crippen LogP contribution is 2.49. The standard InChI is InChI=1S/C14H26N2/c1-10(15-13-5-6-16(2)9-13)14-8-11-3-4-12(14)7-11/h10-15H,3-9H2,1-2H3. The third-order valence-electron chi connectivity index (χ3n) is 5.32. The summed E-state index contributed by atoms with van der Waals surface area (Å²) in [6.45, 7) is 4.97. The van der Waals surface area contributed by atoms with Crippen LogP contribution in [0.4, 0.5) is 0 Å². The van der Waals surface area contributed by atoms with Crippen molar-refractivity contribution in [3.8, 4) is 0 Å². The molecule has 0 radical (unpaired) electrons. The van der Waals surface area contributed by atoms with Crippen LogP contribution in [0.15, 0.2) is 0 Å². The Morgan fingerprint density at radius 1 is 1.19 bits per heavy atom. The lowest BCUT2D eigenvalue weighted by molar-refractivity contribution is 0.244. The van der Waals surface area contributed by atoms with E-state index in [1.807, 2.05) is 0 Å². The molecule has 0 aromatic carbocycles. The predicted octanol–water partition coefficient (Wildman–Crippen LogP) is 2.10. The van der Waals surface area contributed by atoms with E-state index in [1.165, 1.54) is 38.8 Å². The number of nitrogens with one attached hydrogen (secondary N) is 1. The highest BCUT2D eigenvalue weighted by molar-refractivity contribution is 4.95. The molecule has 0 amide bonds. The Morgan fingerprint density at radius 2 is 2.06 bits per heavy atom. The van der Waals surface area contributed by atoms with Gasteiger partial charge in [-0.1, -0.05) is 6.42 Å². The van der Waals surface area contributed by atoms with E-state index < -0.39 is 0 Å². The van der Waals surface area contributed by atoms with Crippen molar-refractivity contribution in [1.82, 2.24) is 10.2 Å². The molecule has 2 aliphatic carbocycles. The monoisotopic (exact) mass is 222 g/mol. The van der Waals surface area contributed by atoms with Crippen molar-refractivity contribution in [2.75, 3.05) is 20.1 Å². The molecule has 0 aromatic heterocycles. The maximum absolute atomic E-state index is 3.89. The van der Waals surface area contributed by atoms with Crippen molar-refractivity contribution in [3.05, 3.63) is 0 Å². The molecule has 3 aliphatic rings. The van der Waals surface area contributed by atoms with Crippen molar-refractivity contribution >= 4 is 0 Å². The van der Waals surface area contributed by atoms with E-state index in [9.17, 15) is 0 Å². The van der Waals surface area contributed by atoms with E-state index in [-0.39, 0.29) is 0 Å². The molecule has 3 rings (SSSR count). The molecule has 92 valence electrons. The van der Waals surface area contributed by atoms with Crippen LogP contribution in [0.25, 0.3) is 0 Å². The van der Waals surface area contributed by atoms with E-state index >= 15 is 0 Å². The molecule has 2 bridgehead atoms. The quantitative estimate of drug-likeness (QED) is 0.787. The van der Waals surface area contributed by atoms with Crippen LogP contribution in [0.1, 0.15) is 39.0 Å². The van der Waals surface area contributed by atoms with Gasteiger partial charge in [0, 0.05) is 18.6 Å². The van der Waals surface area contributed by atoms with Gasteiger partial charge in [-0.15, -0.1) is 0 Å². The minimum atomic E-state index is 0.756. The van der Waals surface area contributed by atoms with Gasteiger partial charge in [0.25, 0.3) is 0 Å². The second kappa shape index (κ2) is 4.30. The Balaban J connectivity index is 1.51. The molecule has 1 heterocycles. The predicted molar refractivity (Wildman–Crippen MR) is 67.4 cm³/mol. The molecule has 0 aromatic rings. The van der Waals surface area contributed by atoms with E-state index in [4.69, 9.17) is 0 Å². The lowest BCUT2D eigenvalue weighted by Crippen LogP contribution is -2.43. The summed E-state index contributed by atoms with van der Waals surface area (Å²) in [6, 6.07) is 1.52. The molecule has 1 N–H and O–H groups in total. The average Bonchev–Trinajstić information content (AvgIpc) is 2.93. The van der Waals surface area contributed by atoms with Crippen LogP contribution in [-0.4, -0.2) is 37.1 Å². The van der Waals surface area contributed by atoms with E-state index in [0.717, 1.165) is 29.8 Å². The number of nitrogens with zero attached hydrogens (tertiary/aromatic N) is 1. The van der Waals surface area contributed by atoms with Gasteiger partial charge in [0.2, 0.25) is 0 Å². The maximum Gasteiger partial charge on any atom is 0.0209 e. The van der Waals surface area contributed by atoms with Crippen LogP contribution in [0.5, 0.6) is 0 Å². The third kappa shape index (κ3) is 2.02. The summed E-state index contributed by atoms with van der Waals surface area (Å²) in [5, 5.41) is 3.89. The fraction of sp³-hybridized carbons (Fsp3) is 1.00. The Hall–Kier alpha value is -0.0800. The Kier molecular flexibility index (Phi) is 2.97. The zero-order chi connectivity index (χ0) is 11.1. The molecule has 2 heteroatoms. The molecule has 1 saturated heterocycles. The van der Waals surface area contributed by atoms with Gasteiger partial charge >= 0.3 is 0 Å². The molecule has 16 heavy (non-hydrogen) atoms. The van der Waals surface area contributed by atoms with Crippen LogP contribution in [-0.2, 0) is 0 Å². The lowest BCUT2D eigenvalue weighted by Gasteiger charge is -2.30. The van der Waals surface area contributed by atoms with Crippen molar-refractivity contribution in [3.63, 3.8) is 0 Å². The summed E-state index contributed by atoms with van der Waals surface area (Å²) in [4.78, 5) is 2.45. The molecule has 5 unspecified atom stereocenters. The van der Waals surface area contributed by atoms with Crippen LogP contribution < -0.4 is 5.32 Å². The average molecular weight is 222 g/mol. The summed E-state index contributed by atoms with van der Waals surface area (Å²) in [6.07, 6.45) is 7.45. The largest absolute Gasteiger partial charge is 0.310 e. The molecule has 1 aliphatic heterocycles. The number of hydrogen-bond acceptors (Lipinski definition) is 2. The summed E-state index contributed by atoms with van der Waals surface area (Å²) >= 11 is 0. The van der Waals surface area contributed by atoms with Crippen molar-refractivity contribution in [1.29, 1.82) is 0 Å². The molecular weight excluding hydrogens is 196 g/mol. The first-order chi connectivity index (χ1) is 7.72. The Bertz CT molecular complexity index is 253. The van der Waals surface area contributed by atoms with Crippen molar-refractivity contribution in [2.24, 2.45) is 17.8 Å². The third-order valence-corrected chi connectivity index (χ3v) is 5.32. The Labute approximate surface area is 99.8 Å². The van der Waals surface area contributed by atoms with Crippen molar-refractivity contribution < 1.29 is 0 Å². The number of fused-ring (bicyclic) bond motifs is 2. The van der Waals surface area contributed by atoms with Gasteiger partial charge in [0.15, 0.2) is 0 Å². The lowest BCUT2D eigenvalue weighted by atomic mass is 9.83. The molecule has 2 saturated carbocycles. The molecule has 0 spiro atoms. The van der Waals surface area contributed by atoms with Gasteiger partial charge in [-0.25, -0.2) is 0 Å². The van der Waals surface area contributed by atoms with Crippen LogP contribution in [0, 0.1) is 17.8 Å². The number of likely N-dealkylation sites (N-methyl/N-ethyl adjacent to an activating group) is 1. The second-order valence-corrected chi connectivity index (χ2v) is 6.54. The van der Waals surface area contributed by atoms with Gasteiger partial charge in [0.05, 0.1) is 0 Å². The van der Waals surface area contributed by atoms with Gasteiger partial charge in [-0.2, -0.15) is 0 Å². The first-order valence-electron chi connectivity index (χ1n) is 7.17. The van der Waals surface area contributed by atoms with Crippen LogP contribution in [0.3, 0.4) is 0 Å². The van der Waals surface area contributed by atoms with Crippen molar-refractivity contribution in [2.45, 2.75) is 51.1 Å². The minimum absolute atomic E-state index is 0.756. The number of hydrogen-bond donors (Lipinski definition) is 1. The molecular formula is C14H26N2. The summed E-state index contributed by atoms with van der Waals surface area (Å²) < 4.78 is 0. The van der Waals surface area contributed by atoms with E-state index in [2.05, 4.69) is 24.2 Å². The normalized spacial score (nSPS) is 45.4.